The maximum atomic E-state index is 13.8. The van der Waals surface area contributed by atoms with Gasteiger partial charge in [0.2, 0.25) is 10.0 Å². The van der Waals surface area contributed by atoms with E-state index in [0.29, 0.717) is 39.8 Å². The monoisotopic (exact) mass is 541 g/mol. The molecule has 0 spiro atoms. The van der Waals surface area contributed by atoms with E-state index in [1.165, 1.54) is 37.4 Å². The highest BCUT2D eigenvalue weighted by Gasteiger charge is 2.33. The molecule has 10 heteroatoms. The van der Waals surface area contributed by atoms with Crippen LogP contribution in [0.15, 0.2) is 51.1 Å². The second-order valence-electron chi connectivity index (χ2n) is 8.25. The molecule has 176 valence electrons. The van der Waals surface area contributed by atoms with Crippen LogP contribution in [0.5, 0.6) is 0 Å². The van der Waals surface area contributed by atoms with E-state index in [4.69, 9.17) is 28.5 Å². The topological polar surface area (TPSA) is 64.4 Å². The summed E-state index contributed by atoms with van der Waals surface area (Å²) in [4.78, 5) is 4.11. The van der Waals surface area contributed by atoms with Crippen molar-refractivity contribution in [3.05, 3.63) is 52.0 Å². The highest BCUT2D eigenvalue weighted by molar-refractivity contribution is 8.03. The summed E-state index contributed by atoms with van der Waals surface area (Å²) in [6.45, 7) is 2.51. The van der Waals surface area contributed by atoms with Gasteiger partial charge in [-0.15, -0.1) is 0 Å². The number of benzene rings is 2. The Hall–Kier alpha value is -0.920. The largest absolute Gasteiger partial charge is 0.298 e. The molecule has 0 bridgehead atoms. The molecular formula is C23H25Cl2N3O2S3. The Morgan fingerprint density at radius 3 is 2.30 bits per heavy atom. The van der Waals surface area contributed by atoms with E-state index < -0.39 is 10.0 Å². The fourth-order valence-corrected chi connectivity index (χ4v) is 8.45. The molecule has 0 atom stereocenters. The molecule has 0 unspecified atom stereocenters. The molecule has 4 rings (SSSR count). The summed E-state index contributed by atoms with van der Waals surface area (Å²) in [6.07, 6.45) is 4.97. The van der Waals surface area contributed by atoms with Crippen molar-refractivity contribution in [3.63, 3.8) is 0 Å². The maximum Gasteiger partial charge on any atom is 0.244 e. The average molecular weight is 543 g/mol. The number of hydrogen-bond acceptors (Lipinski definition) is 6. The Labute approximate surface area is 214 Å². The minimum atomic E-state index is -3.70. The van der Waals surface area contributed by atoms with Crippen LogP contribution >= 0.6 is 46.7 Å². The number of sulfonamides is 1. The SMILES string of the molecule is N#CSCc1ccc(Sc2cc(Cl)cc(Cl)c2)c(S(=O)(=O)N2CCN(C3CCCC3)CC2)c1. The van der Waals surface area contributed by atoms with Gasteiger partial charge in [0.25, 0.3) is 0 Å². The van der Waals surface area contributed by atoms with Crippen LogP contribution in [-0.4, -0.2) is 49.8 Å². The first-order valence-electron chi connectivity index (χ1n) is 10.9. The van der Waals surface area contributed by atoms with Gasteiger partial charge in [-0.25, -0.2) is 8.42 Å². The van der Waals surface area contributed by atoms with E-state index in [0.717, 1.165) is 35.3 Å². The fraction of sp³-hybridized carbons (Fsp3) is 0.435. The summed E-state index contributed by atoms with van der Waals surface area (Å²) in [5.74, 6) is 0.433. The minimum Gasteiger partial charge on any atom is -0.298 e. The van der Waals surface area contributed by atoms with Crippen LogP contribution in [0.3, 0.4) is 0 Å². The molecule has 1 aliphatic carbocycles. The highest BCUT2D eigenvalue weighted by atomic mass is 35.5. The zero-order valence-electron chi connectivity index (χ0n) is 18.0. The van der Waals surface area contributed by atoms with Crippen LogP contribution in [0.25, 0.3) is 0 Å². The Morgan fingerprint density at radius 1 is 1.00 bits per heavy atom. The first-order valence-corrected chi connectivity index (χ1v) is 14.9. The zero-order valence-corrected chi connectivity index (χ0v) is 22.0. The lowest BCUT2D eigenvalue weighted by molar-refractivity contribution is 0.139. The molecule has 1 saturated heterocycles. The zero-order chi connectivity index (χ0) is 23.4. The van der Waals surface area contributed by atoms with Gasteiger partial charge in [-0.1, -0.05) is 53.9 Å². The maximum absolute atomic E-state index is 13.8. The average Bonchev–Trinajstić information content (AvgIpc) is 3.33. The number of hydrogen-bond donors (Lipinski definition) is 0. The first kappa shape index (κ1) is 25.2. The summed E-state index contributed by atoms with van der Waals surface area (Å²) in [5, 5.41) is 12.0. The molecule has 2 aliphatic rings. The Kier molecular flexibility index (Phi) is 8.56. The Bertz CT molecular complexity index is 1120. The second-order valence-corrected chi connectivity index (χ2v) is 12.9. The van der Waals surface area contributed by atoms with Crippen molar-refractivity contribution in [3.8, 4) is 5.40 Å². The van der Waals surface area contributed by atoms with Crippen molar-refractivity contribution in [1.82, 2.24) is 9.21 Å². The highest BCUT2D eigenvalue weighted by Crippen LogP contribution is 2.38. The number of nitrogens with zero attached hydrogens (tertiary/aromatic N) is 3. The standard InChI is InChI=1S/C23H25Cl2N3O2S3/c24-18-12-19(25)14-21(13-18)32-22-6-5-17(15-31-16-26)11-23(22)33(29,30)28-9-7-27(8-10-28)20-3-1-2-4-20/h5-6,11-14,20H,1-4,7-10,15H2. The lowest BCUT2D eigenvalue weighted by Crippen LogP contribution is -2.51. The molecule has 2 fully saturated rings. The summed E-state index contributed by atoms with van der Waals surface area (Å²) in [7, 11) is -3.70. The fourth-order valence-electron chi connectivity index (χ4n) is 4.48. The van der Waals surface area contributed by atoms with Crippen LogP contribution in [0, 0.1) is 10.7 Å². The van der Waals surface area contributed by atoms with Crippen molar-refractivity contribution < 1.29 is 8.42 Å². The third-order valence-electron chi connectivity index (χ3n) is 6.11. The lowest BCUT2D eigenvalue weighted by atomic mass is 10.2. The van der Waals surface area contributed by atoms with E-state index in [2.05, 4.69) is 10.3 Å². The van der Waals surface area contributed by atoms with Gasteiger partial charge < -0.3 is 0 Å². The van der Waals surface area contributed by atoms with Gasteiger partial charge in [-0.05, 0) is 60.5 Å². The Morgan fingerprint density at radius 2 is 1.67 bits per heavy atom. The van der Waals surface area contributed by atoms with E-state index in [1.807, 2.05) is 12.1 Å². The van der Waals surface area contributed by atoms with Gasteiger partial charge in [-0.3, -0.25) is 4.90 Å². The van der Waals surface area contributed by atoms with Gasteiger partial charge in [0.05, 0.1) is 4.90 Å². The van der Waals surface area contributed by atoms with Gasteiger partial charge in [0.1, 0.15) is 5.40 Å². The molecule has 33 heavy (non-hydrogen) atoms. The summed E-state index contributed by atoms with van der Waals surface area (Å²) in [5.41, 5.74) is 0.804. The summed E-state index contributed by atoms with van der Waals surface area (Å²) < 4.78 is 29.1. The molecule has 0 N–H and O–H groups in total. The summed E-state index contributed by atoms with van der Waals surface area (Å²) in [6, 6.07) is 11.2. The number of thioether (sulfide) groups is 1. The van der Waals surface area contributed by atoms with Crippen LogP contribution in [0.1, 0.15) is 31.2 Å². The van der Waals surface area contributed by atoms with Crippen LogP contribution in [0.4, 0.5) is 0 Å². The van der Waals surface area contributed by atoms with Gasteiger partial charge in [0, 0.05) is 57.8 Å². The van der Waals surface area contributed by atoms with Gasteiger partial charge >= 0.3 is 0 Å². The Balaban J connectivity index is 1.61. The smallest absolute Gasteiger partial charge is 0.244 e. The van der Waals surface area contributed by atoms with Crippen molar-refractivity contribution in [1.29, 1.82) is 5.26 Å². The van der Waals surface area contributed by atoms with Crippen LogP contribution < -0.4 is 0 Å². The van der Waals surface area contributed by atoms with Crippen molar-refractivity contribution >= 4 is 56.7 Å². The molecule has 2 aromatic carbocycles. The van der Waals surface area contributed by atoms with E-state index in [9.17, 15) is 8.42 Å². The molecular weight excluding hydrogens is 517 g/mol. The first-order chi connectivity index (χ1) is 15.9. The third kappa shape index (κ3) is 6.21. The van der Waals surface area contributed by atoms with Crippen molar-refractivity contribution in [2.24, 2.45) is 0 Å². The number of piperazine rings is 1. The quantitative estimate of drug-likeness (QED) is 0.394. The van der Waals surface area contributed by atoms with E-state index in [1.54, 1.807) is 28.6 Å². The van der Waals surface area contributed by atoms with Crippen LogP contribution in [-0.2, 0) is 15.8 Å². The molecule has 0 radical (unpaired) electrons. The molecule has 5 nitrogen and oxygen atoms in total. The number of nitriles is 1. The van der Waals surface area contributed by atoms with Crippen molar-refractivity contribution in [2.75, 3.05) is 26.2 Å². The van der Waals surface area contributed by atoms with Crippen LogP contribution in [0.2, 0.25) is 10.0 Å². The van der Waals surface area contributed by atoms with Crippen molar-refractivity contribution in [2.45, 2.75) is 52.2 Å². The predicted octanol–water partition coefficient (Wildman–Crippen LogP) is 6.11. The second kappa shape index (κ2) is 11.2. The molecule has 1 aliphatic heterocycles. The van der Waals surface area contributed by atoms with Gasteiger partial charge in [-0.2, -0.15) is 9.57 Å². The lowest BCUT2D eigenvalue weighted by Gasteiger charge is -2.37. The molecule has 0 amide bonds. The molecule has 2 aromatic rings. The van der Waals surface area contributed by atoms with E-state index in [-0.39, 0.29) is 4.90 Å². The molecule has 0 aromatic heterocycles. The third-order valence-corrected chi connectivity index (χ3v) is 10.3. The predicted molar refractivity (Wildman–Crippen MR) is 137 cm³/mol. The summed E-state index contributed by atoms with van der Waals surface area (Å²) >= 11 is 14.7. The minimum absolute atomic E-state index is 0.272. The number of thiocyanates is 1. The van der Waals surface area contributed by atoms with E-state index >= 15 is 0 Å². The normalized spacial score (nSPS) is 18.5. The number of rotatable bonds is 7. The number of halogens is 2. The molecule has 1 heterocycles. The molecule has 1 saturated carbocycles. The van der Waals surface area contributed by atoms with Gasteiger partial charge in [0.15, 0.2) is 0 Å².